The van der Waals surface area contributed by atoms with Crippen LogP contribution in [0.1, 0.15) is 19.8 Å². The Morgan fingerprint density at radius 1 is 0.590 bits per heavy atom. The number of hydrogen-bond donors (Lipinski definition) is 0. The number of rotatable bonds is 5. The Labute approximate surface area is 225 Å². The summed E-state index contributed by atoms with van der Waals surface area (Å²) in [6, 6.07) is 18.0. The Morgan fingerprint density at radius 3 is 1.26 bits per heavy atom. The molecule has 0 amide bonds. The third-order valence-electron chi connectivity index (χ3n) is 8.98. The average molecular weight is 573 g/mol. The maximum absolute atomic E-state index is 13.4. The van der Waals surface area contributed by atoms with Crippen LogP contribution in [0.5, 0.6) is 0 Å². The molecule has 13 heteroatoms. The van der Waals surface area contributed by atoms with Gasteiger partial charge in [-0.05, 0) is 0 Å². The number of hydrogen-bond acceptors (Lipinski definition) is 11. The summed E-state index contributed by atoms with van der Waals surface area (Å²) >= 11 is 0. The molecule has 5 heterocycles. The van der Waals surface area contributed by atoms with Crippen molar-refractivity contribution in [3.8, 4) is 0 Å². The van der Waals surface area contributed by atoms with E-state index in [1.165, 1.54) is 0 Å². The molecule has 5 aliphatic rings. The molecular weight excluding hydrogens is 544 g/mol. The van der Waals surface area contributed by atoms with E-state index in [9.17, 15) is 19.2 Å². The Hall–Kier alpha value is -2.94. The van der Waals surface area contributed by atoms with Crippen molar-refractivity contribution in [1.82, 2.24) is 14.2 Å². The summed E-state index contributed by atoms with van der Waals surface area (Å²) in [7, 11) is -9.93. The SMILES string of the molecule is CC(N1CCCC1)(P12(c3ccccc3)OC(=O)CN1CC(=O)O2)P12(c3ccccc3)OC(=O)CN1CC(=O)O2. The first-order valence-electron chi connectivity index (χ1n) is 13.0. The summed E-state index contributed by atoms with van der Waals surface area (Å²) in [5.74, 6) is -2.22. The minimum atomic E-state index is -4.96. The van der Waals surface area contributed by atoms with Crippen LogP contribution in [0.4, 0.5) is 0 Å². The van der Waals surface area contributed by atoms with Crippen molar-refractivity contribution in [3.63, 3.8) is 0 Å². The minimum absolute atomic E-state index is 0.189. The van der Waals surface area contributed by atoms with Gasteiger partial charge in [-0.25, -0.2) is 0 Å². The van der Waals surface area contributed by atoms with Crippen LogP contribution in [0.15, 0.2) is 60.7 Å². The summed E-state index contributed by atoms with van der Waals surface area (Å²) in [6.07, 6.45) is 1.61. The summed E-state index contributed by atoms with van der Waals surface area (Å²) in [6.45, 7) is 2.13. The second-order valence-electron chi connectivity index (χ2n) is 10.7. The Balaban J connectivity index is 1.71. The van der Waals surface area contributed by atoms with Crippen molar-refractivity contribution in [2.75, 3.05) is 39.3 Å². The van der Waals surface area contributed by atoms with Gasteiger partial charge in [0.15, 0.2) is 0 Å². The van der Waals surface area contributed by atoms with E-state index in [1.54, 1.807) is 57.9 Å². The van der Waals surface area contributed by atoms with Gasteiger partial charge in [-0.3, -0.25) is 0 Å². The number of benzene rings is 2. The van der Waals surface area contributed by atoms with Crippen LogP contribution in [0.25, 0.3) is 0 Å². The molecule has 2 aromatic carbocycles. The molecule has 2 aromatic rings. The normalized spacial score (nSPS) is 30.4. The number of fused-ring (bicyclic) bond motifs is 2. The third-order valence-corrected chi connectivity index (χ3v) is 21.9. The number of nitrogens with zero attached hydrogens (tertiary/aromatic N) is 3. The van der Waals surface area contributed by atoms with Gasteiger partial charge in [0.2, 0.25) is 0 Å². The van der Waals surface area contributed by atoms with E-state index in [0.29, 0.717) is 23.7 Å². The molecule has 5 aliphatic heterocycles. The molecule has 0 radical (unpaired) electrons. The molecule has 0 N–H and O–H groups in total. The average Bonchev–Trinajstić information content (AvgIpc) is 3.70. The fourth-order valence-electron chi connectivity index (χ4n) is 7.60. The fourth-order valence-corrected chi connectivity index (χ4v) is 22.4. The van der Waals surface area contributed by atoms with E-state index in [1.807, 2.05) is 19.1 Å². The predicted octanol–water partition coefficient (Wildman–Crippen LogP) is 1.83. The molecule has 39 heavy (non-hydrogen) atoms. The van der Waals surface area contributed by atoms with Crippen LogP contribution in [0.2, 0.25) is 0 Å². The summed E-state index contributed by atoms with van der Waals surface area (Å²) in [4.78, 5) is 55.8. The molecule has 7 rings (SSSR count). The van der Waals surface area contributed by atoms with Gasteiger partial charge < -0.3 is 0 Å². The van der Waals surface area contributed by atoms with Gasteiger partial charge >= 0.3 is 225 Å². The van der Waals surface area contributed by atoms with Crippen LogP contribution in [-0.2, 0) is 37.3 Å². The quantitative estimate of drug-likeness (QED) is 0.488. The second-order valence-corrected chi connectivity index (χ2v) is 19.3. The molecule has 0 saturated carbocycles. The zero-order valence-corrected chi connectivity index (χ0v) is 23.2. The Bertz CT molecular complexity index is 1290. The molecule has 5 saturated heterocycles. The van der Waals surface area contributed by atoms with Gasteiger partial charge in [-0.2, -0.15) is 0 Å². The van der Waals surface area contributed by atoms with E-state index >= 15 is 0 Å². The second kappa shape index (κ2) is 7.83. The Kier molecular flexibility index (Phi) is 5.03. The van der Waals surface area contributed by atoms with Crippen LogP contribution in [0.3, 0.4) is 0 Å². The molecule has 0 spiro atoms. The standard InChI is InChI=1S/C26H29N3O8P2/c1-26(27-14-8-9-15-27,38(20-10-4-2-5-11-20)28(16-22(30)34-38)17-23(31)35-38)39(21-12-6-3-7-13-21)29(18-24(32)36-39)19-25(33)37-39/h2-7,10-13H,8-9,14-19H2,1H3. The van der Waals surface area contributed by atoms with Crippen molar-refractivity contribution in [1.29, 1.82) is 0 Å². The van der Waals surface area contributed by atoms with Gasteiger partial charge in [0.05, 0.1) is 0 Å². The monoisotopic (exact) mass is 573 g/mol. The van der Waals surface area contributed by atoms with Crippen molar-refractivity contribution in [2.24, 2.45) is 0 Å². The first-order chi connectivity index (χ1) is 18.7. The van der Waals surface area contributed by atoms with E-state index in [4.69, 9.17) is 18.1 Å². The summed E-state index contributed by atoms with van der Waals surface area (Å²) < 4.78 is 29.8. The number of carbonyl (C=O) groups is 4. The van der Waals surface area contributed by atoms with Gasteiger partial charge in [-0.1, -0.05) is 0 Å². The molecule has 0 unspecified atom stereocenters. The van der Waals surface area contributed by atoms with E-state index in [-0.39, 0.29) is 26.2 Å². The van der Waals surface area contributed by atoms with Crippen LogP contribution < -0.4 is 10.6 Å². The molecule has 0 atom stereocenters. The van der Waals surface area contributed by atoms with Crippen molar-refractivity contribution in [3.05, 3.63) is 60.7 Å². The van der Waals surface area contributed by atoms with Gasteiger partial charge in [-0.15, -0.1) is 0 Å². The van der Waals surface area contributed by atoms with Crippen LogP contribution in [0, 0.1) is 0 Å². The fraction of sp³-hybridized carbons (Fsp3) is 0.385. The topological polar surface area (TPSA) is 115 Å². The Morgan fingerprint density at radius 2 is 0.923 bits per heavy atom. The predicted molar refractivity (Wildman–Crippen MR) is 143 cm³/mol. The van der Waals surface area contributed by atoms with E-state index in [2.05, 4.69) is 4.90 Å². The zero-order valence-electron chi connectivity index (χ0n) is 21.4. The van der Waals surface area contributed by atoms with Crippen LogP contribution in [-0.4, -0.2) is 82.4 Å². The van der Waals surface area contributed by atoms with Crippen molar-refractivity contribution < 1.29 is 37.3 Å². The van der Waals surface area contributed by atoms with Crippen LogP contribution >= 0.6 is 14.4 Å². The van der Waals surface area contributed by atoms with Gasteiger partial charge in [0, 0.05) is 0 Å². The first kappa shape index (κ1) is 25.1. The molecule has 5 fully saturated rings. The van der Waals surface area contributed by atoms with E-state index in [0.717, 1.165) is 12.8 Å². The molecule has 0 aliphatic carbocycles. The van der Waals surface area contributed by atoms with Gasteiger partial charge in [0.25, 0.3) is 0 Å². The summed E-state index contributed by atoms with van der Waals surface area (Å²) in [5, 5.41) is -0.613. The third kappa shape index (κ3) is 2.57. The number of carbonyl (C=O) groups excluding carboxylic acids is 4. The van der Waals surface area contributed by atoms with Crippen molar-refractivity contribution in [2.45, 2.75) is 24.8 Å². The molecule has 0 bridgehead atoms. The van der Waals surface area contributed by atoms with Gasteiger partial charge in [0.1, 0.15) is 0 Å². The maximum atomic E-state index is 13.4. The van der Waals surface area contributed by atoms with Crippen molar-refractivity contribution >= 4 is 48.9 Å². The molecule has 206 valence electrons. The summed E-state index contributed by atoms with van der Waals surface area (Å²) in [5.41, 5.74) is 0. The zero-order chi connectivity index (χ0) is 27.1. The molecule has 11 nitrogen and oxygen atoms in total. The van der Waals surface area contributed by atoms with E-state index < -0.39 is 43.3 Å². The molecular formula is C26H29N3O8P2. The molecule has 0 aromatic heterocycles. The first-order valence-corrected chi connectivity index (χ1v) is 17.1. The number of likely N-dealkylation sites (tertiary alicyclic amines) is 1.